The summed E-state index contributed by atoms with van der Waals surface area (Å²) < 4.78 is 0. The Kier molecular flexibility index (Phi) is 10.1. The lowest BCUT2D eigenvalue weighted by atomic mass is 10.1. The number of amides is 3. The maximum Gasteiger partial charge on any atom is 0.272 e. The Bertz CT molecular complexity index is 1580. The Balaban J connectivity index is 1.46. The van der Waals surface area contributed by atoms with E-state index < -0.39 is 5.91 Å². The van der Waals surface area contributed by atoms with Crippen molar-refractivity contribution in [3.05, 3.63) is 131 Å². The Hall–Kier alpha value is -4.62. The molecule has 3 N–H and O–H groups in total. The van der Waals surface area contributed by atoms with E-state index in [4.69, 9.17) is 0 Å². The molecule has 0 fully saturated rings. The second kappa shape index (κ2) is 14.1. The van der Waals surface area contributed by atoms with E-state index in [9.17, 15) is 14.4 Å². The van der Waals surface area contributed by atoms with Gasteiger partial charge in [-0.1, -0.05) is 79.2 Å². The van der Waals surface area contributed by atoms with Gasteiger partial charge in [0.2, 0.25) is 5.91 Å². The number of aryl methyl sites for hydroxylation is 3. The van der Waals surface area contributed by atoms with Crippen molar-refractivity contribution in [2.45, 2.75) is 32.1 Å². The Labute approximate surface area is 245 Å². The highest BCUT2D eigenvalue weighted by molar-refractivity contribution is 8.00. The highest BCUT2D eigenvalue weighted by Gasteiger charge is 2.16. The largest absolute Gasteiger partial charge is 0.325 e. The fraction of sp³-hybridized carbons (Fsp3) is 0.147. The fourth-order valence-corrected chi connectivity index (χ4v) is 5.01. The van der Waals surface area contributed by atoms with Gasteiger partial charge in [0.1, 0.15) is 5.70 Å². The molecule has 0 aliphatic carbocycles. The quantitative estimate of drug-likeness (QED) is 0.143. The minimum Gasteiger partial charge on any atom is -0.325 e. The van der Waals surface area contributed by atoms with Gasteiger partial charge in [0, 0.05) is 21.8 Å². The summed E-state index contributed by atoms with van der Waals surface area (Å²) in [6.07, 6.45) is 2.49. The van der Waals surface area contributed by atoms with E-state index in [1.807, 2.05) is 80.6 Å². The molecule has 0 aliphatic rings. The summed E-state index contributed by atoms with van der Waals surface area (Å²) in [5.74, 6) is -0.710. The summed E-state index contributed by atoms with van der Waals surface area (Å²) >= 11 is 1.38. The smallest absolute Gasteiger partial charge is 0.272 e. The third-order valence-corrected chi connectivity index (χ3v) is 7.34. The van der Waals surface area contributed by atoms with E-state index in [2.05, 4.69) is 22.9 Å². The Morgan fingerprint density at radius 2 is 1.56 bits per heavy atom. The van der Waals surface area contributed by atoms with Crippen LogP contribution in [0.3, 0.4) is 0 Å². The molecule has 0 unspecified atom stereocenters. The summed E-state index contributed by atoms with van der Waals surface area (Å²) in [6, 6.07) is 29.7. The van der Waals surface area contributed by atoms with Crippen molar-refractivity contribution in [1.82, 2.24) is 5.32 Å². The predicted molar refractivity (Wildman–Crippen MR) is 168 cm³/mol. The van der Waals surface area contributed by atoms with Crippen molar-refractivity contribution in [3.8, 4) is 0 Å². The van der Waals surface area contributed by atoms with E-state index in [0.29, 0.717) is 11.3 Å². The van der Waals surface area contributed by atoms with E-state index in [1.165, 1.54) is 11.8 Å². The first-order chi connectivity index (χ1) is 19.8. The van der Waals surface area contributed by atoms with Crippen LogP contribution in [-0.4, -0.2) is 23.5 Å². The minimum atomic E-state index is -0.456. The third kappa shape index (κ3) is 8.43. The first kappa shape index (κ1) is 29.4. The molecular formula is C34H33N3O3S. The average Bonchev–Trinajstić information content (AvgIpc) is 2.97. The van der Waals surface area contributed by atoms with Gasteiger partial charge in [-0.2, -0.15) is 0 Å². The molecule has 4 rings (SSSR count). The zero-order valence-corrected chi connectivity index (χ0v) is 24.2. The maximum absolute atomic E-state index is 13.4. The van der Waals surface area contributed by atoms with E-state index in [1.54, 1.807) is 36.4 Å². The average molecular weight is 564 g/mol. The molecule has 3 amide bonds. The van der Waals surface area contributed by atoms with Gasteiger partial charge in [0.05, 0.1) is 5.75 Å². The standard InChI is InChI=1S/C34H33N3O3S/c1-4-26-16-9-12-24(3)32(26)37-31(38)22-41-29-18-10-17-28(21-29)35-34(40)30(20-25-13-8-11-23(2)19-25)36-33(39)27-14-6-5-7-15-27/h5-21H,4,22H2,1-3H3,(H,35,40)(H,36,39)(H,37,38)/b30-20+. The topological polar surface area (TPSA) is 87.3 Å². The number of anilines is 2. The number of rotatable bonds is 10. The molecule has 0 spiro atoms. The lowest BCUT2D eigenvalue weighted by Gasteiger charge is -2.13. The molecule has 4 aromatic rings. The number of hydrogen-bond acceptors (Lipinski definition) is 4. The number of nitrogens with one attached hydrogen (secondary N) is 3. The molecule has 0 bridgehead atoms. The molecule has 6 nitrogen and oxygen atoms in total. The lowest BCUT2D eigenvalue weighted by Crippen LogP contribution is -2.30. The predicted octanol–water partition coefficient (Wildman–Crippen LogP) is 7.01. The van der Waals surface area contributed by atoms with Crippen LogP contribution in [-0.2, 0) is 16.0 Å². The molecule has 0 aliphatic heterocycles. The third-order valence-electron chi connectivity index (χ3n) is 6.35. The molecule has 0 heterocycles. The van der Waals surface area contributed by atoms with Crippen molar-refractivity contribution in [2.75, 3.05) is 16.4 Å². The van der Waals surface area contributed by atoms with Gasteiger partial charge in [-0.05, 0) is 73.4 Å². The number of thioether (sulfide) groups is 1. The van der Waals surface area contributed by atoms with Crippen LogP contribution in [0.15, 0.2) is 108 Å². The summed E-state index contributed by atoms with van der Waals surface area (Å²) in [4.78, 5) is 39.8. The van der Waals surface area contributed by atoms with Crippen molar-refractivity contribution in [1.29, 1.82) is 0 Å². The minimum absolute atomic E-state index is 0.0968. The van der Waals surface area contributed by atoms with Gasteiger partial charge < -0.3 is 16.0 Å². The molecule has 0 saturated carbocycles. The maximum atomic E-state index is 13.4. The molecule has 0 radical (unpaired) electrons. The fourth-order valence-electron chi connectivity index (χ4n) is 4.26. The number of benzene rings is 4. The molecule has 0 atom stereocenters. The van der Waals surface area contributed by atoms with Crippen LogP contribution in [0.1, 0.15) is 39.5 Å². The van der Waals surface area contributed by atoms with Gasteiger partial charge >= 0.3 is 0 Å². The first-order valence-corrected chi connectivity index (χ1v) is 14.4. The zero-order chi connectivity index (χ0) is 29.2. The number of carbonyl (C=O) groups is 3. The number of para-hydroxylation sites is 1. The van der Waals surface area contributed by atoms with Crippen molar-refractivity contribution < 1.29 is 14.4 Å². The van der Waals surface area contributed by atoms with Gasteiger partial charge in [-0.15, -0.1) is 11.8 Å². The zero-order valence-electron chi connectivity index (χ0n) is 23.4. The van der Waals surface area contributed by atoms with Crippen LogP contribution in [0.2, 0.25) is 0 Å². The number of carbonyl (C=O) groups excluding carboxylic acids is 3. The summed E-state index contributed by atoms with van der Waals surface area (Å²) in [7, 11) is 0. The normalized spacial score (nSPS) is 11.0. The van der Waals surface area contributed by atoms with E-state index in [-0.39, 0.29) is 23.3 Å². The monoisotopic (exact) mass is 563 g/mol. The van der Waals surface area contributed by atoms with Crippen LogP contribution in [0, 0.1) is 13.8 Å². The first-order valence-electron chi connectivity index (χ1n) is 13.4. The van der Waals surface area contributed by atoms with Crippen molar-refractivity contribution in [2.24, 2.45) is 0 Å². The highest BCUT2D eigenvalue weighted by Crippen LogP contribution is 2.25. The summed E-state index contributed by atoms with van der Waals surface area (Å²) in [5.41, 5.74) is 5.94. The molecule has 4 aromatic carbocycles. The molecule has 208 valence electrons. The summed E-state index contributed by atoms with van der Waals surface area (Å²) in [5, 5.41) is 8.70. The van der Waals surface area contributed by atoms with Crippen LogP contribution in [0.4, 0.5) is 11.4 Å². The van der Waals surface area contributed by atoms with Crippen LogP contribution in [0.5, 0.6) is 0 Å². The van der Waals surface area contributed by atoms with E-state index >= 15 is 0 Å². The van der Waals surface area contributed by atoms with Crippen molar-refractivity contribution in [3.63, 3.8) is 0 Å². The Morgan fingerprint density at radius 1 is 0.805 bits per heavy atom. The summed E-state index contributed by atoms with van der Waals surface area (Å²) in [6.45, 7) is 6.01. The molecule has 0 aromatic heterocycles. The molecule has 41 heavy (non-hydrogen) atoms. The van der Waals surface area contributed by atoms with Gasteiger partial charge in [0.15, 0.2) is 0 Å². The van der Waals surface area contributed by atoms with Gasteiger partial charge in [-0.25, -0.2) is 0 Å². The van der Waals surface area contributed by atoms with Crippen LogP contribution < -0.4 is 16.0 Å². The second-order valence-corrected chi connectivity index (χ2v) is 10.6. The second-order valence-electron chi connectivity index (χ2n) is 9.57. The van der Waals surface area contributed by atoms with Crippen LogP contribution >= 0.6 is 11.8 Å². The van der Waals surface area contributed by atoms with E-state index in [0.717, 1.165) is 39.3 Å². The molecule has 0 saturated heterocycles. The molecular weight excluding hydrogens is 530 g/mol. The van der Waals surface area contributed by atoms with Gasteiger partial charge in [-0.3, -0.25) is 14.4 Å². The Morgan fingerprint density at radius 3 is 2.32 bits per heavy atom. The number of hydrogen-bond donors (Lipinski definition) is 3. The SMILES string of the molecule is CCc1cccc(C)c1NC(=O)CSc1cccc(NC(=O)/C(=C\c2cccc(C)c2)NC(=O)c2ccccc2)c1. The lowest BCUT2D eigenvalue weighted by molar-refractivity contribution is -0.114. The highest BCUT2D eigenvalue weighted by atomic mass is 32.2. The van der Waals surface area contributed by atoms with Gasteiger partial charge in [0.25, 0.3) is 11.8 Å². The molecule has 7 heteroatoms. The van der Waals surface area contributed by atoms with Crippen molar-refractivity contribution >= 4 is 46.9 Å². The van der Waals surface area contributed by atoms with Crippen LogP contribution in [0.25, 0.3) is 6.08 Å².